The molecule has 100 valence electrons. The molecular weight excluding hydrogens is 351 g/mol. The molecule has 0 aliphatic carbocycles. The molecule has 1 N–H and O–H groups in total. The fourth-order valence-electron chi connectivity index (χ4n) is 1.59. The van der Waals surface area contributed by atoms with E-state index in [1.807, 2.05) is 18.2 Å². The van der Waals surface area contributed by atoms with Crippen LogP contribution in [0.25, 0.3) is 0 Å². The van der Waals surface area contributed by atoms with Crippen LogP contribution in [0, 0.1) is 5.82 Å². The molecule has 1 atom stereocenters. The average Bonchev–Trinajstić information content (AvgIpc) is 2.40. The molecule has 0 heterocycles. The molecule has 0 aromatic heterocycles. The predicted molar refractivity (Wildman–Crippen MR) is 81.2 cm³/mol. The third-order valence-corrected chi connectivity index (χ3v) is 4.86. The van der Waals surface area contributed by atoms with E-state index in [1.165, 1.54) is 23.9 Å². The Bertz CT molecular complexity index is 579. The predicted octanol–water partition coefficient (Wildman–Crippen LogP) is 5.07. The summed E-state index contributed by atoms with van der Waals surface area (Å²) < 4.78 is 13.9. The first-order valence-corrected chi connectivity index (χ1v) is 7.74. The Morgan fingerprint density at radius 2 is 2.00 bits per heavy atom. The number of hydrogen-bond donors (Lipinski definition) is 1. The van der Waals surface area contributed by atoms with Gasteiger partial charge >= 0.3 is 0 Å². The van der Waals surface area contributed by atoms with Crippen molar-refractivity contribution in [3.05, 3.63) is 63.3 Å². The zero-order chi connectivity index (χ0) is 13.8. The van der Waals surface area contributed by atoms with Gasteiger partial charge in [-0.3, -0.25) is 0 Å². The molecular formula is C14H11BrClFOS. The molecule has 0 fully saturated rings. The topological polar surface area (TPSA) is 20.2 Å². The summed E-state index contributed by atoms with van der Waals surface area (Å²) in [6.45, 7) is 0. The molecule has 2 aromatic rings. The molecule has 0 radical (unpaired) electrons. The zero-order valence-corrected chi connectivity index (χ0v) is 13.0. The minimum Gasteiger partial charge on any atom is -0.387 e. The lowest BCUT2D eigenvalue weighted by molar-refractivity contribution is 0.203. The molecule has 0 amide bonds. The normalized spacial score (nSPS) is 12.4. The Morgan fingerprint density at radius 1 is 1.26 bits per heavy atom. The van der Waals surface area contributed by atoms with E-state index in [1.54, 1.807) is 12.1 Å². The number of benzene rings is 2. The summed E-state index contributed by atoms with van der Waals surface area (Å²) in [6, 6.07) is 11.7. The minimum absolute atomic E-state index is 0.361. The van der Waals surface area contributed by atoms with E-state index in [2.05, 4.69) is 15.9 Å². The van der Waals surface area contributed by atoms with Crippen molar-refractivity contribution in [1.29, 1.82) is 0 Å². The van der Waals surface area contributed by atoms with Crippen LogP contribution in [0.4, 0.5) is 4.39 Å². The molecule has 2 aromatic carbocycles. The first-order chi connectivity index (χ1) is 9.08. The van der Waals surface area contributed by atoms with Crippen molar-refractivity contribution in [2.45, 2.75) is 11.0 Å². The number of aliphatic hydroxyl groups excluding tert-OH is 1. The summed E-state index contributed by atoms with van der Waals surface area (Å²) in [4.78, 5) is 0.899. The molecule has 0 aliphatic rings. The van der Waals surface area contributed by atoms with Crippen LogP contribution >= 0.6 is 39.3 Å². The van der Waals surface area contributed by atoms with Gasteiger partial charge in [0, 0.05) is 15.1 Å². The van der Waals surface area contributed by atoms with Crippen LogP contribution in [-0.4, -0.2) is 10.9 Å². The lowest BCUT2D eigenvalue weighted by Crippen LogP contribution is -2.02. The number of halogens is 3. The van der Waals surface area contributed by atoms with Crippen LogP contribution in [-0.2, 0) is 0 Å². The Morgan fingerprint density at radius 3 is 2.74 bits per heavy atom. The van der Waals surface area contributed by atoms with Crippen LogP contribution in [0.3, 0.4) is 0 Å². The summed E-state index contributed by atoms with van der Waals surface area (Å²) in [5.41, 5.74) is 0.541. The minimum atomic E-state index is -0.758. The first-order valence-electron chi connectivity index (χ1n) is 5.58. The highest BCUT2D eigenvalue weighted by Gasteiger charge is 2.13. The van der Waals surface area contributed by atoms with Gasteiger partial charge in [0.2, 0.25) is 0 Å². The molecule has 2 rings (SSSR count). The zero-order valence-electron chi connectivity index (χ0n) is 9.82. The fraction of sp³-hybridized carbons (Fsp3) is 0.143. The largest absolute Gasteiger partial charge is 0.387 e. The molecule has 0 aliphatic heterocycles. The van der Waals surface area contributed by atoms with Crippen LogP contribution < -0.4 is 0 Å². The molecule has 1 nitrogen and oxygen atoms in total. The summed E-state index contributed by atoms with van der Waals surface area (Å²) in [5, 5.41) is 10.8. The van der Waals surface area contributed by atoms with Gasteiger partial charge in [-0.2, -0.15) is 0 Å². The maximum Gasteiger partial charge on any atom is 0.123 e. The maximum absolute atomic E-state index is 13.2. The van der Waals surface area contributed by atoms with Gasteiger partial charge in [-0.05, 0) is 35.9 Å². The second-order valence-electron chi connectivity index (χ2n) is 3.92. The standard InChI is InChI=1S/C14H11BrClFOS/c15-11-6-5-9(17)7-10(11)13(18)8-19-14-4-2-1-3-12(14)16/h1-7,13,18H,8H2. The highest BCUT2D eigenvalue weighted by Crippen LogP contribution is 2.32. The highest BCUT2D eigenvalue weighted by atomic mass is 79.9. The van der Waals surface area contributed by atoms with Crippen LogP contribution in [0.5, 0.6) is 0 Å². The van der Waals surface area contributed by atoms with Gasteiger partial charge in [-0.1, -0.05) is 39.7 Å². The molecule has 1 unspecified atom stereocenters. The van der Waals surface area contributed by atoms with Crippen molar-refractivity contribution in [2.75, 3.05) is 5.75 Å². The van der Waals surface area contributed by atoms with Crippen molar-refractivity contribution in [3.63, 3.8) is 0 Å². The number of thioether (sulfide) groups is 1. The second-order valence-corrected chi connectivity index (χ2v) is 6.25. The highest BCUT2D eigenvalue weighted by molar-refractivity contribution is 9.10. The SMILES string of the molecule is OC(CSc1ccccc1Cl)c1cc(F)ccc1Br. The lowest BCUT2D eigenvalue weighted by Gasteiger charge is -2.13. The van der Waals surface area contributed by atoms with Crippen molar-refractivity contribution < 1.29 is 9.50 Å². The Hall–Kier alpha value is -0.550. The van der Waals surface area contributed by atoms with Gasteiger partial charge in [0.05, 0.1) is 11.1 Å². The van der Waals surface area contributed by atoms with Crippen molar-refractivity contribution >= 4 is 39.3 Å². The second kappa shape index (κ2) is 6.75. The van der Waals surface area contributed by atoms with Crippen LogP contribution in [0.2, 0.25) is 5.02 Å². The van der Waals surface area contributed by atoms with Crippen molar-refractivity contribution in [2.24, 2.45) is 0 Å². The third-order valence-electron chi connectivity index (χ3n) is 2.55. The number of hydrogen-bond acceptors (Lipinski definition) is 2. The van der Waals surface area contributed by atoms with Gasteiger partial charge in [-0.15, -0.1) is 11.8 Å². The molecule has 0 bridgehead atoms. The Kier molecular flexibility index (Phi) is 5.28. The van der Waals surface area contributed by atoms with Gasteiger partial charge < -0.3 is 5.11 Å². The van der Waals surface area contributed by atoms with E-state index in [-0.39, 0.29) is 5.82 Å². The van der Waals surface area contributed by atoms with Crippen LogP contribution in [0.1, 0.15) is 11.7 Å². The molecule has 5 heteroatoms. The lowest BCUT2D eigenvalue weighted by atomic mass is 10.1. The molecule has 0 saturated heterocycles. The van der Waals surface area contributed by atoms with E-state index in [0.29, 0.717) is 20.8 Å². The fourth-order valence-corrected chi connectivity index (χ4v) is 3.30. The maximum atomic E-state index is 13.2. The van der Waals surface area contributed by atoms with E-state index in [4.69, 9.17) is 11.6 Å². The molecule has 19 heavy (non-hydrogen) atoms. The average molecular weight is 362 g/mol. The summed E-state index contributed by atoms with van der Waals surface area (Å²) in [6.07, 6.45) is -0.758. The number of rotatable bonds is 4. The van der Waals surface area contributed by atoms with Gasteiger partial charge in [0.15, 0.2) is 0 Å². The summed E-state index contributed by atoms with van der Waals surface area (Å²) in [7, 11) is 0. The Balaban J connectivity index is 2.07. The quantitative estimate of drug-likeness (QED) is 0.767. The first kappa shape index (κ1) is 14.9. The van der Waals surface area contributed by atoms with Gasteiger partial charge in [0.1, 0.15) is 5.82 Å². The van der Waals surface area contributed by atoms with Gasteiger partial charge in [0.25, 0.3) is 0 Å². The number of aliphatic hydroxyl groups is 1. The summed E-state index contributed by atoms with van der Waals surface area (Å²) >= 11 is 10.8. The van der Waals surface area contributed by atoms with Crippen molar-refractivity contribution in [3.8, 4) is 0 Å². The summed E-state index contributed by atoms with van der Waals surface area (Å²) in [5.74, 6) is 0.0474. The molecule has 0 saturated carbocycles. The Labute approximate surface area is 128 Å². The van der Waals surface area contributed by atoms with E-state index >= 15 is 0 Å². The van der Waals surface area contributed by atoms with E-state index in [0.717, 1.165) is 4.90 Å². The van der Waals surface area contributed by atoms with Gasteiger partial charge in [-0.25, -0.2) is 4.39 Å². The third kappa shape index (κ3) is 3.96. The van der Waals surface area contributed by atoms with Crippen molar-refractivity contribution in [1.82, 2.24) is 0 Å². The van der Waals surface area contributed by atoms with Crippen LogP contribution in [0.15, 0.2) is 51.8 Å². The van der Waals surface area contributed by atoms with E-state index < -0.39 is 6.10 Å². The monoisotopic (exact) mass is 360 g/mol. The smallest absolute Gasteiger partial charge is 0.123 e. The molecule has 0 spiro atoms. The van der Waals surface area contributed by atoms with E-state index in [9.17, 15) is 9.50 Å².